The lowest BCUT2D eigenvalue weighted by molar-refractivity contribution is 0.0788. The summed E-state index contributed by atoms with van der Waals surface area (Å²) in [6.07, 6.45) is -0.412. The van der Waals surface area contributed by atoms with Crippen LogP contribution in [0.1, 0.15) is 23.7 Å². The maximum atomic E-state index is 12.0. The number of rotatable bonds is 2. The van der Waals surface area contributed by atoms with Crippen molar-refractivity contribution in [3.05, 3.63) is 17.7 Å². The Labute approximate surface area is 113 Å². The van der Waals surface area contributed by atoms with Gasteiger partial charge in [-0.05, 0) is 40.7 Å². The predicted molar refractivity (Wildman–Crippen MR) is 68.0 cm³/mol. The first-order chi connectivity index (χ1) is 8.58. The van der Waals surface area contributed by atoms with Gasteiger partial charge in [-0.2, -0.15) is 5.26 Å². The van der Waals surface area contributed by atoms with Gasteiger partial charge in [0.25, 0.3) is 0 Å². The normalized spacial score (nSPS) is 19.6. The summed E-state index contributed by atoms with van der Waals surface area (Å²) in [6.45, 7) is 1.69. The first kappa shape index (κ1) is 13.1. The average Bonchev–Trinajstić information content (AvgIpc) is 2.37. The van der Waals surface area contributed by atoms with Crippen LogP contribution in [-0.2, 0) is 0 Å². The Morgan fingerprint density at radius 1 is 1.67 bits per heavy atom. The molecule has 2 atom stereocenters. The molecule has 0 fully saturated rings. The van der Waals surface area contributed by atoms with Gasteiger partial charge in [0.1, 0.15) is 23.2 Å². The van der Waals surface area contributed by atoms with Crippen molar-refractivity contribution in [2.75, 3.05) is 0 Å². The molecule has 0 spiro atoms. The third kappa shape index (κ3) is 2.14. The fraction of sp³-hybridized carbons (Fsp3) is 0.333. The summed E-state index contributed by atoms with van der Waals surface area (Å²) in [5.74, 6) is -0.475. The van der Waals surface area contributed by atoms with E-state index in [2.05, 4.69) is 6.07 Å². The zero-order valence-corrected chi connectivity index (χ0v) is 11.1. The number of halogens is 1. The molecular formula is C12H10ClNO3S. The molecule has 0 amide bonds. The maximum Gasteiger partial charge on any atom is 0.174 e. The van der Waals surface area contributed by atoms with Crippen LogP contribution in [0.25, 0.3) is 0 Å². The van der Waals surface area contributed by atoms with E-state index in [0.29, 0.717) is 4.90 Å². The summed E-state index contributed by atoms with van der Waals surface area (Å²) in [7, 11) is 6.62. The molecule has 0 radical (unpaired) electrons. The summed E-state index contributed by atoms with van der Waals surface area (Å²) in [6, 6.07) is 5.06. The minimum Gasteiger partial charge on any atom is -0.507 e. The first-order valence-corrected chi connectivity index (χ1v) is 6.96. The Hall–Kier alpha value is -1.38. The molecule has 6 heteroatoms. The lowest BCUT2D eigenvalue weighted by Crippen LogP contribution is -2.32. The Balaban J connectivity index is 2.49. The number of aromatic hydroxyl groups is 1. The number of ether oxygens (including phenoxy) is 1. The van der Waals surface area contributed by atoms with Crippen molar-refractivity contribution in [1.29, 1.82) is 5.26 Å². The van der Waals surface area contributed by atoms with E-state index in [4.69, 9.17) is 20.7 Å². The molecule has 0 saturated heterocycles. The van der Waals surface area contributed by atoms with Gasteiger partial charge in [0.2, 0.25) is 0 Å². The van der Waals surface area contributed by atoms with E-state index in [0.717, 1.165) is 11.0 Å². The lowest BCUT2D eigenvalue weighted by Gasteiger charge is -2.28. The number of Topliss-reactive ketones (excluding diaryl/α,β-unsaturated/α-hetero) is 1. The van der Waals surface area contributed by atoms with Gasteiger partial charge in [-0.25, -0.2) is 0 Å². The van der Waals surface area contributed by atoms with Crippen LogP contribution in [0.4, 0.5) is 0 Å². The Bertz CT molecular complexity index is 541. The van der Waals surface area contributed by atoms with E-state index in [1.807, 2.05) is 0 Å². The molecule has 2 unspecified atom stereocenters. The summed E-state index contributed by atoms with van der Waals surface area (Å²) in [5, 5.41) is 18.6. The fourth-order valence-corrected chi connectivity index (χ4v) is 2.54. The van der Waals surface area contributed by atoms with E-state index >= 15 is 0 Å². The number of carbonyl (C=O) groups excluding carboxylic acids is 1. The van der Waals surface area contributed by atoms with Gasteiger partial charge >= 0.3 is 0 Å². The number of fused-ring (bicyclic) bond motifs is 1. The highest BCUT2D eigenvalue weighted by atomic mass is 35.7. The standard InChI is InChI=1S/C12H10ClNO3S/c1-6(5-14)9-4-8(16)11-7(15)2-3-10(18-13)12(11)17-9/h2-3,6,9,15H,4H2,1H3. The molecule has 0 saturated carbocycles. The Morgan fingerprint density at radius 3 is 3.00 bits per heavy atom. The van der Waals surface area contributed by atoms with E-state index in [9.17, 15) is 9.90 Å². The Kier molecular flexibility index (Phi) is 3.69. The maximum absolute atomic E-state index is 12.0. The second-order valence-corrected chi connectivity index (χ2v) is 5.12. The predicted octanol–water partition coefficient (Wildman–Crippen LogP) is 3.13. The van der Waals surface area contributed by atoms with Gasteiger partial charge in [0.15, 0.2) is 5.78 Å². The van der Waals surface area contributed by atoms with Crippen LogP contribution in [0.2, 0.25) is 0 Å². The first-order valence-electron chi connectivity index (χ1n) is 5.32. The van der Waals surface area contributed by atoms with E-state index in [1.54, 1.807) is 13.0 Å². The summed E-state index contributed by atoms with van der Waals surface area (Å²) in [4.78, 5) is 12.6. The third-order valence-corrected chi connectivity index (χ3v) is 3.87. The van der Waals surface area contributed by atoms with Gasteiger partial charge < -0.3 is 9.84 Å². The van der Waals surface area contributed by atoms with Gasteiger partial charge in [0, 0.05) is 6.42 Å². The molecule has 18 heavy (non-hydrogen) atoms. The highest BCUT2D eigenvalue weighted by molar-refractivity contribution is 8.21. The largest absolute Gasteiger partial charge is 0.507 e. The highest BCUT2D eigenvalue weighted by Gasteiger charge is 2.34. The molecule has 1 aliphatic rings. The number of carbonyl (C=O) groups is 1. The van der Waals surface area contributed by atoms with Crippen LogP contribution < -0.4 is 4.74 Å². The van der Waals surface area contributed by atoms with Crippen molar-refractivity contribution in [2.24, 2.45) is 5.92 Å². The molecule has 1 aromatic carbocycles. The summed E-state index contributed by atoms with van der Waals surface area (Å²) in [5.41, 5.74) is 0.155. The van der Waals surface area contributed by atoms with Gasteiger partial charge in [-0.3, -0.25) is 4.79 Å². The number of nitrogens with zero attached hydrogens (tertiary/aromatic N) is 1. The quantitative estimate of drug-likeness (QED) is 0.903. The zero-order chi connectivity index (χ0) is 13.3. The van der Waals surface area contributed by atoms with Crippen molar-refractivity contribution >= 4 is 27.4 Å². The van der Waals surface area contributed by atoms with Crippen LogP contribution in [0.15, 0.2) is 17.0 Å². The number of nitriles is 1. The summed E-state index contributed by atoms with van der Waals surface area (Å²) < 4.78 is 5.65. The number of hydrogen-bond acceptors (Lipinski definition) is 5. The number of phenolic OH excluding ortho intramolecular Hbond substituents is 1. The molecule has 0 aliphatic carbocycles. The van der Waals surface area contributed by atoms with Crippen molar-refractivity contribution in [3.8, 4) is 17.6 Å². The topological polar surface area (TPSA) is 70.3 Å². The van der Waals surface area contributed by atoms with Crippen LogP contribution in [-0.4, -0.2) is 17.0 Å². The van der Waals surface area contributed by atoms with Crippen LogP contribution in [0.3, 0.4) is 0 Å². The van der Waals surface area contributed by atoms with Crippen molar-refractivity contribution < 1.29 is 14.6 Å². The fourth-order valence-electron chi connectivity index (χ4n) is 1.84. The number of ketones is 1. The smallest absolute Gasteiger partial charge is 0.174 e. The van der Waals surface area contributed by atoms with E-state index in [1.165, 1.54) is 6.07 Å². The summed E-state index contributed by atoms with van der Waals surface area (Å²) >= 11 is 0. The van der Waals surface area contributed by atoms with E-state index in [-0.39, 0.29) is 29.3 Å². The van der Waals surface area contributed by atoms with Gasteiger partial charge in [0.05, 0.1) is 16.9 Å². The molecule has 1 heterocycles. The highest BCUT2D eigenvalue weighted by Crippen LogP contribution is 2.43. The molecule has 1 aliphatic heterocycles. The molecule has 1 aromatic rings. The molecule has 1 N–H and O–H groups in total. The van der Waals surface area contributed by atoms with Crippen molar-refractivity contribution in [3.63, 3.8) is 0 Å². The van der Waals surface area contributed by atoms with Crippen LogP contribution >= 0.6 is 21.7 Å². The number of benzene rings is 1. The lowest BCUT2D eigenvalue weighted by atomic mass is 9.94. The molecule has 94 valence electrons. The number of hydrogen-bond donors (Lipinski definition) is 1. The van der Waals surface area contributed by atoms with Crippen LogP contribution in [0, 0.1) is 17.2 Å². The second-order valence-electron chi connectivity index (χ2n) is 4.07. The molecule has 0 aromatic heterocycles. The SMILES string of the molecule is CC(C#N)C1CC(=O)c2c(O)ccc(SCl)c2O1. The van der Waals surface area contributed by atoms with Gasteiger partial charge in [-0.15, -0.1) is 0 Å². The monoisotopic (exact) mass is 283 g/mol. The molecule has 2 rings (SSSR count). The van der Waals surface area contributed by atoms with E-state index < -0.39 is 12.0 Å². The second kappa shape index (κ2) is 5.09. The van der Waals surface area contributed by atoms with Crippen molar-refractivity contribution in [1.82, 2.24) is 0 Å². The molecule has 0 bridgehead atoms. The zero-order valence-electron chi connectivity index (χ0n) is 9.51. The molecular weight excluding hydrogens is 274 g/mol. The van der Waals surface area contributed by atoms with Gasteiger partial charge in [-0.1, -0.05) is 0 Å². The van der Waals surface area contributed by atoms with Crippen molar-refractivity contribution in [2.45, 2.75) is 24.3 Å². The average molecular weight is 284 g/mol. The third-order valence-electron chi connectivity index (χ3n) is 2.88. The van der Waals surface area contributed by atoms with Crippen LogP contribution in [0.5, 0.6) is 11.5 Å². The molecule has 4 nitrogen and oxygen atoms in total. The minimum absolute atomic E-state index is 0.0890. The minimum atomic E-state index is -0.501. The Morgan fingerprint density at radius 2 is 2.39 bits per heavy atom. The number of phenols is 1.